The molecule has 1 aromatic carbocycles. The van der Waals surface area contributed by atoms with Gasteiger partial charge in [-0.05, 0) is 36.5 Å². The summed E-state index contributed by atoms with van der Waals surface area (Å²) in [5.41, 5.74) is 1.44. The molecule has 0 radical (unpaired) electrons. The van der Waals surface area contributed by atoms with Gasteiger partial charge in [-0.1, -0.05) is 45.2 Å². The van der Waals surface area contributed by atoms with Crippen LogP contribution < -0.4 is 4.74 Å². The largest absolute Gasteiger partial charge is 0.497 e. The van der Waals surface area contributed by atoms with Gasteiger partial charge >= 0.3 is 0 Å². The van der Waals surface area contributed by atoms with Crippen molar-refractivity contribution in [2.75, 3.05) is 7.11 Å². The van der Waals surface area contributed by atoms with E-state index in [4.69, 9.17) is 4.74 Å². The van der Waals surface area contributed by atoms with Gasteiger partial charge in [0.2, 0.25) is 0 Å². The van der Waals surface area contributed by atoms with Crippen LogP contribution in [0.4, 0.5) is 0 Å². The molecule has 0 saturated carbocycles. The first-order valence-electron chi connectivity index (χ1n) is 6.45. The highest BCUT2D eigenvalue weighted by molar-refractivity contribution is 5.30. The topological polar surface area (TPSA) is 9.23 Å². The number of unbranched alkanes of at least 4 members (excludes halogenated alkanes) is 1. The molecule has 1 atom stereocenters. The zero-order valence-electron chi connectivity index (χ0n) is 10.8. The molecule has 0 aliphatic carbocycles. The minimum absolute atomic E-state index is 0.708. The van der Waals surface area contributed by atoms with Crippen LogP contribution in [0.5, 0.6) is 5.75 Å². The van der Waals surface area contributed by atoms with Crippen LogP contribution in [0, 0.1) is 0 Å². The van der Waals surface area contributed by atoms with E-state index in [1.165, 1.54) is 37.7 Å². The minimum Gasteiger partial charge on any atom is -0.497 e. The predicted molar refractivity (Wildman–Crippen MR) is 70.2 cm³/mol. The second-order valence-corrected chi connectivity index (χ2v) is 4.40. The Morgan fingerprint density at radius 3 is 2.56 bits per heavy atom. The van der Waals surface area contributed by atoms with Crippen LogP contribution in [-0.4, -0.2) is 7.11 Å². The minimum atomic E-state index is 0.708. The van der Waals surface area contributed by atoms with E-state index in [-0.39, 0.29) is 0 Å². The maximum atomic E-state index is 5.29. The van der Waals surface area contributed by atoms with E-state index in [2.05, 4.69) is 32.0 Å². The molecule has 0 aromatic heterocycles. The molecule has 90 valence electrons. The molecule has 1 nitrogen and oxygen atoms in total. The van der Waals surface area contributed by atoms with E-state index < -0.39 is 0 Å². The lowest BCUT2D eigenvalue weighted by Crippen LogP contribution is -1.99. The Morgan fingerprint density at radius 1 is 1.12 bits per heavy atom. The molecule has 1 rings (SSSR count). The maximum absolute atomic E-state index is 5.29. The quantitative estimate of drug-likeness (QED) is 0.643. The first-order chi connectivity index (χ1) is 7.81. The Hall–Kier alpha value is -0.980. The van der Waals surface area contributed by atoms with Gasteiger partial charge in [0.15, 0.2) is 0 Å². The summed E-state index contributed by atoms with van der Waals surface area (Å²) < 4.78 is 5.29. The third-order valence-electron chi connectivity index (χ3n) is 3.11. The molecule has 0 bridgehead atoms. The van der Waals surface area contributed by atoms with E-state index in [0.717, 1.165) is 5.75 Å². The number of ether oxygens (including phenoxy) is 1. The third-order valence-corrected chi connectivity index (χ3v) is 3.11. The lowest BCUT2D eigenvalue weighted by molar-refractivity contribution is 0.413. The van der Waals surface area contributed by atoms with Gasteiger partial charge in [-0.2, -0.15) is 0 Å². The molecule has 1 aromatic rings. The molecular formula is C15H24O. The summed E-state index contributed by atoms with van der Waals surface area (Å²) in [6.45, 7) is 4.52. The second-order valence-electron chi connectivity index (χ2n) is 4.40. The molecule has 0 aliphatic heterocycles. The Labute approximate surface area is 99.8 Å². The molecule has 0 fully saturated rings. The third kappa shape index (κ3) is 3.88. The van der Waals surface area contributed by atoms with Crippen LogP contribution in [0.25, 0.3) is 0 Å². The van der Waals surface area contributed by atoms with Crippen molar-refractivity contribution in [1.29, 1.82) is 0 Å². The van der Waals surface area contributed by atoms with Crippen molar-refractivity contribution in [3.8, 4) is 5.75 Å². The van der Waals surface area contributed by atoms with E-state index in [1.54, 1.807) is 7.11 Å². The summed E-state index contributed by atoms with van der Waals surface area (Å²) in [5.74, 6) is 1.69. The van der Waals surface area contributed by atoms with Crippen molar-refractivity contribution in [2.24, 2.45) is 0 Å². The van der Waals surface area contributed by atoms with Gasteiger partial charge < -0.3 is 4.74 Å². The fourth-order valence-electron chi connectivity index (χ4n) is 2.17. The van der Waals surface area contributed by atoms with Gasteiger partial charge in [-0.25, -0.2) is 0 Å². The van der Waals surface area contributed by atoms with Gasteiger partial charge in [-0.3, -0.25) is 0 Å². The Kier molecular flexibility index (Phi) is 5.99. The molecule has 0 spiro atoms. The molecule has 0 heterocycles. The molecule has 0 amide bonds. The summed E-state index contributed by atoms with van der Waals surface area (Å²) >= 11 is 0. The van der Waals surface area contributed by atoms with Gasteiger partial charge in [-0.15, -0.1) is 0 Å². The standard InChI is InChI=1S/C15H24O/c1-4-6-9-13(8-5-2)14-10-7-11-15(12-14)16-3/h7,10-13H,4-6,8-9H2,1-3H3. The Morgan fingerprint density at radius 2 is 1.94 bits per heavy atom. The number of benzene rings is 1. The van der Waals surface area contributed by atoms with Crippen LogP contribution in [0.3, 0.4) is 0 Å². The monoisotopic (exact) mass is 220 g/mol. The second kappa shape index (κ2) is 7.32. The molecule has 0 aliphatic rings. The molecular weight excluding hydrogens is 196 g/mol. The van der Waals surface area contributed by atoms with Crippen LogP contribution >= 0.6 is 0 Å². The summed E-state index contributed by atoms with van der Waals surface area (Å²) in [4.78, 5) is 0. The highest BCUT2D eigenvalue weighted by atomic mass is 16.5. The van der Waals surface area contributed by atoms with Gasteiger partial charge in [0.05, 0.1) is 7.11 Å². The summed E-state index contributed by atoms with van der Waals surface area (Å²) in [7, 11) is 1.74. The fourth-order valence-corrected chi connectivity index (χ4v) is 2.17. The van der Waals surface area contributed by atoms with E-state index in [0.29, 0.717) is 5.92 Å². The molecule has 0 N–H and O–H groups in total. The lowest BCUT2D eigenvalue weighted by Gasteiger charge is -2.17. The Balaban J connectivity index is 2.73. The zero-order valence-corrected chi connectivity index (χ0v) is 10.8. The van der Waals surface area contributed by atoms with Crippen LogP contribution in [0.15, 0.2) is 24.3 Å². The summed E-state index contributed by atoms with van der Waals surface area (Å²) in [5, 5.41) is 0. The SMILES string of the molecule is CCCCC(CCC)c1cccc(OC)c1. The van der Waals surface area contributed by atoms with Crippen molar-refractivity contribution in [2.45, 2.75) is 51.9 Å². The first-order valence-corrected chi connectivity index (χ1v) is 6.45. The average molecular weight is 220 g/mol. The van der Waals surface area contributed by atoms with Crippen LogP contribution in [0.2, 0.25) is 0 Å². The van der Waals surface area contributed by atoms with E-state index >= 15 is 0 Å². The maximum Gasteiger partial charge on any atom is 0.119 e. The molecule has 0 saturated heterocycles. The Bertz CT molecular complexity index is 293. The highest BCUT2D eigenvalue weighted by Gasteiger charge is 2.10. The summed E-state index contributed by atoms with van der Waals surface area (Å²) in [6.07, 6.45) is 6.45. The average Bonchev–Trinajstić information content (AvgIpc) is 2.34. The van der Waals surface area contributed by atoms with Crippen LogP contribution in [-0.2, 0) is 0 Å². The predicted octanol–water partition coefficient (Wildman–Crippen LogP) is 4.77. The lowest BCUT2D eigenvalue weighted by atomic mass is 9.90. The van der Waals surface area contributed by atoms with Gasteiger partial charge in [0.1, 0.15) is 5.75 Å². The van der Waals surface area contributed by atoms with E-state index in [9.17, 15) is 0 Å². The molecule has 16 heavy (non-hydrogen) atoms. The zero-order chi connectivity index (χ0) is 11.8. The molecule has 1 heteroatoms. The number of hydrogen-bond donors (Lipinski definition) is 0. The van der Waals surface area contributed by atoms with Crippen LogP contribution in [0.1, 0.15) is 57.4 Å². The number of hydrogen-bond acceptors (Lipinski definition) is 1. The van der Waals surface area contributed by atoms with Gasteiger partial charge in [0, 0.05) is 0 Å². The van der Waals surface area contributed by atoms with Crippen molar-refractivity contribution in [3.05, 3.63) is 29.8 Å². The smallest absolute Gasteiger partial charge is 0.119 e. The van der Waals surface area contributed by atoms with Crippen molar-refractivity contribution < 1.29 is 4.74 Å². The normalized spacial score (nSPS) is 12.4. The first kappa shape index (κ1) is 13.1. The van der Waals surface area contributed by atoms with E-state index in [1.807, 2.05) is 6.07 Å². The number of rotatable bonds is 7. The molecule has 1 unspecified atom stereocenters. The van der Waals surface area contributed by atoms with Crippen molar-refractivity contribution >= 4 is 0 Å². The summed E-state index contributed by atoms with van der Waals surface area (Å²) in [6, 6.07) is 8.55. The van der Waals surface area contributed by atoms with Crippen molar-refractivity contribution in [3.63, 3.8) is 0 Å². The van der Waals surface area contributed by atoms with Gasteiger partial charge in [0.25, 0.3) is 0 Å². The highest BCUT2D eigenvalue weighted by Crippen LogP contribution is 2.29. The fraction of sp³-hybridized carbons (Fsp3) is 0.600. The number of methoxy groups -OCH3 is 1. The van der Waals surface area contributed by atoms with Crippen molar-refractivity contribution in [1.82, 2.24) is 0 Å².